The van der Waals surface area contributed by atoms with Crippen molar-refractivity contribution >= 4 is 21.7 Å². The van der Waals surface area contributed by atoms with E-state index in [2.05, 4.69) is 38.8 Å². The number of halogens is 1. The van der Waals surface area contributed by atoms with Crippen molar-refractivity contribution in [3.63, 3.8) is 0 Å². The van der Waals surface area contributed by atoms with E-state index in [1.165, 1.54) is 19.3 Å². The molecule has 1 aromatic heterocycles. The zero-order chi connectivity index (χ0) is 11.5. The molecular weight excluding hydrogens is 266 g/mol. The van der Waals surface area contributed by atoms with E-state index in [1.54, 1.807) is 0 Å². The van der Waals surface area contributed by atoms with E-state index in [9.17, 15) is 0 Å². The second kappa shape index (κ2) is 5.15. The topological polar surface area (TPSA) is 42.2 Å². The van der Waals surface area contributed by atoms with Crippen molar-refractivity contribution in [2.45, 2.75) is 38.8 Å². The molecule has 2 rings (SSSR count). The minimum absolute atomic E-state index is 0.550. The van der Waals surface area contributed by atoms with Gasteiger partial charge in [-0.1, -0.05) is 6.92 Å². The molecule has 0 spiro atoms. The third-order valence-electron chi connectivity index (χ3n) is 3.25. The highest BCUT2D eigenvalue weighted by molar-refractivity contribution is 9.10. The fourth-order valence-corrected chi connectivity index (χ4v) is 2.80. The number of nitrogens with zero attached hydrogens (tertiary/aromatic N) is 2. The van der Waals surface area contributed by atoms with Crippen LogP contribution in [0.25, 0.3) is 0 Å². The Morgan fingerprint density at radius 1 is 1.62 bits per heavy atom. The highest BCUT2D eigenvalue weighted by Crippen LogP contribution is 2.29. The summed E-state index contributed by atoms with van der Waals surface area (Å²) in [6.45, 7) is 3.90. The van der Waals surface area contributed by atoms with Crippen molar-refractivity contribution in [1.29, 1.82) is 0 Å². The third kappa shape index (κ3) is 2.23. The molecule has 2 N–H and O–H groups in total. The molecule has 0 bridgehead atoms. The maximum absolute atomic E-state index is 5.79. The van der Waals surface area contributed by atoms with Gasteiger partial charge >= 0.3 is 0 Å². The van der Waals surface area contributed by atoms with E-state index < -0.39 is 0 Å². The van der Waals surface area contributed by atoms with Crippen LogP contribution >= 0.6 is 15.9 Å². The molecule has 0 saturated carbocycles. The van der Waals surface area contributed by atoms with Gasteiger partial charge in [0.25, 0.3) is 0 Å². The molecular formula is C12H18BrN3. The quantitative estimate of drug-likeness (QED) is 0.928. The summed E-state index contributed by atoms with van der Waals surface area (Å²) in [5, 5.41) is 0. The van der Waals surface area contributed by atoms with Gasteiger partial charge < -0.3 is 10.6 Å². The van der Waals surface area contributed by atoms with Crippen LogP contribution in [0.4, 0.5) is 5.82 Å². The van der Waals surface area contributed by atoms with Crippen LogP contribution in [0.1, 0.15) is 31.7 Å². The van der Waals surface area contributed by atoms with Crippen molar-refractivity contribution < 1.29 is 0 Å². The molecule has 2 heterocycles. The van der Waals surface area contributed by atoms with Gasteiger partial charge in [-0.2, -0.15) is 0 Å². The van der Waals surface area contributed by atoms with Crippen LogP contribution in [0, 0.1) is 0 Å². The normalized spacial score (nSPS) is 20.4. The highest BCUT2D eigenvalue weighted by atomic mass is 79.9. The lowest BCUT2D eigenvalue weighted by atomic mass is 10.1. The Labute approximate surface area is 105 Å². The molecule has 1 aliphatic rings. The van der Waals surface area contributed by atoms with Crippen LogP contribution < -0.4 is 10.6 Å². The summed E-state index contributed by atoms with van der Waals surface area (Å²) in [7, 11) is 0. The van der Waals surface area contributed by atoms with Crippen LogP contribution in [0.5, 0.6) is 0 Å². The summed E-state index contributed by atoms with van der Waals surface area (Å²) in [6, 6.07) is 2.71. The van der Waals surface area contributed by atoms with Gasteiger partial charge in [-0.3, -0.25) is 0 Å². The fraction of sp³-hybridized carbons (Fsp3) is 0.583. The minimum Gasteiger partial charge on any atom is -0.353 e. The zero-order valence-corrected chi connectivity index (χ0v) is 11.2. The number of nitrogens with two attached hydrogens (primary N) is 1. The van der Waals surface area contributed by atoms with E-state index in [-0.39, 0.29) is 0 Å². The maximum atomic E-state index is 5.79. The van der Waals surface area contributed by atoms with Crippen LogP contribution in [-0.2, 0) is 6.54 Å². The van der Waals surface area contributed by atoms with Crippen LogP contribution in [-0.4, -0.2) is 17.6 Å². The maximum Gasteiger partial charge on any atom is 0.133 e. The molecule has 0 amide bonds. The van der Waals surface area contributed by atoms with Gasteiger partial charge in [0.15, 0.2) is 0 Å². The van der Waals surface area contributed by atoms with Crippen molar-refractivity contribution in [2.75, 3.05) is 11.4 Å². The predicted octanol–water partition coefficient (Wildman–Crippen LogP) is 2.68. The average Bonchev–Trinajstić information content (AvgIpc) is 2.76. The molecule has 1 fully saturated rings. The smallest absolute Gasteiger partial charge is 0.133 e. The molecule has 1 saturated heterocycles. The Bertz CT molecular complexity index is 367. The van der Waals surface area contributed by atoms with Gasteiger partial charge in [-0.25, -0.2) is 4.98 Å². The lowest BCUT2D eigenvalue weighted by Gasteiger charge is -2.26. The molecule has 88 valence electrons. The summed E-state index contributed by atoms with van der Waals surface area (Å²) in [5.41, 5.74) is 6.92. The van der Waals surface area contributed by atoms with Crippen molar-refractivity contribution in [3.8, 4) is 0 Å². The number of hydrogen-bond acceptors (Lipinski definition) is 3. The van der Waals surface area contributed by atoms with Gasteiger partial charge in [0, 0.05) is 35.4 Å². The molecule has 0 radical (unpaired) electrons. The van der Waals surface area contributed by atoms with E-state index in [4.69, 9.17) is 5.73 Å². The predicted molar refractivity (Wildman–Crippen MR) is 70.5 cm³/mol. The Morgan fingerprint density at radius 3 is 3.12 bits per heavy atom. The Kier molecular flexibility index (Phi) is 3.82. The van der Waals surface area contributed by atoms with Gasteiger partial charge in [0.2, 0.25) is 0 Å². The Morgan fingerprint density at radius 2 is 2.44 bits per heavy atom. The molecule has 0 aliphatic carbocycles. The first-order valence-electron chi connectivity index (χ1n) is 5.87. The average molecular weight is 284 g/mol. The van der Waals surface area contributed by atoms with Gasteiger partial charge in [0.05, 0.1) is 0 Å². The summed E-state index contributed by atoms with van der Waals surface area (Å²) in [6.07, 6.45) is 5.58. The zero-order valence-electron chi connectivity index (χ0n) is 9.62. The Balaban J connectivity index is 2.31. The van der Waals surface area contributed by atoms with Crippen LogP contribution in [0.15, 0.2) is 16.7 Å². The summed E-state index contributed by atoms with van der Waals surface area (Å²) >= 11 is 3.44. The van der Waals surface area contributed by atoms with Gasteiger partial charge in [0.1, 0.15) is 5.82 Å². The molecule has 0 aromatic carbocycles. The van der Waals surface area contributed by atoms with Crippen molar-refractivity contribution in [1.82, 2.24) is 4.98 Å². The lowest BCUT2D eigenvalue weighted by Crippen LogP contribution is -2.30. The Hall–Kier alpha value is -0.610. The van der Waals surface area contributed by atoms with Gasteiger partial charge in [-0.05, 0) is 41.3 Å². The van der Waals surface area contributed by atoms with Crippen molar-refractivity contribution in [3.05, 3.63) is 22.3 Å². The standard InChI is InChI=1S/C12H18BrN3/c1-2-11-4-3-5-16(11)12-9(7-14)6-10(13)8-15-12/h6,8,11H,2-5,7,14H2,1H3. The molecule has 3 nitrogen and oxygen atoms in total. The lowest BCUT2D eigenvalue weighted by molar-refractivity contribution is 0.638. The van der Waals surface area contributed by atoms with E-state index in [1.807, 2.05) is 6.20 Å². The first-order valence-corrected chi connectivity index (χ1v) is 6.66. The fourth-order valence-electron chi connectivity index (χ4n) is 2.42. The monoisotopic (exact) mass is 283 g/mol. The first-order chi connectivity index (χ1) is 7.76. The molecule has 1 atom stereocenters. The molecule has 1 unspecified atom stereocenters. The molecule has 1 aliphatic heterocycles. The number of rotatable bonds is 3. The SMILES string of the molecule is CCC1CCCN1c1ncc(Br)cc1CN. The highest BCUT2D eigenvalue weighted by Gasteiger charge is 2.25. The van der Waals surface area contributed by atoms with Gasteiger partial charge in [-0.15, -0.1) is 0 Å². The van der Waals surface area contributed by atoms with Crippen LogP contribution in [0.2, 0.25) is 0 Å². The number of hydrogen-bond donors (Lipinski definition) is 1. The first kappa shape index (κ1) is 11.9. The third-order valence-corrected chi connectivity index (χ3v) is 3.68. The number of pyridine rings is 1. The molecule has 16 heavy (non-hydrogen) atoms. The number of anilines is 1. The second-order valence-corrected chi connectivity index (χ2v) is 5.15. The summed E-state index contributed by atoms with van der Waals surface area (Å²) < 4.78 is 1.00. The second-order valence-electron chi connectivity index (χ2n) is 4.24. The van der Waals surface area contributed by atoms with E-state index in [0.717, 1.165) is 22.4 Å². The largest absolute Gasteiger partial charge is 0.353 e. The van der Waals surface area contributed by atoms with Crippen LogP contribution in [0.3, 0.4) is 0 Å². The summed E-state index contributed by atoms with van der Waals surface area (Å²) in [5.74, 6) is 1.08. The number of aromatic nitrogens is 1. The minimum atomic E-state index is 0.550. The molecule has 4 heteroatoms. The van der Waals surface area contributed by atoms with E-state index in [0.29, 0.717) is 12.6 Å². The van der Waals surface area contributed by atoms with Crippen molar-refractivity contribution in [2.24, 2.45) is 5.73 Å². The molecule has 1 aromatic rings. The summed E-state index contributed by atoms with van der Waals surface area (Å²) in [4.78, 5) is 6.94. The van der Waals surface area contributed by atoms with E-state index >= 15 is 0 Å².